The molecule has 0 aromatic carbocycles. The third-order valence-corrected chi connectivity index (χ3v) is 3.37. The summed E-state index contributed by atoms with van der Waals surface area (Å²) in [5.41, 5.74) is 1.36. The molecule has 1 heterocycles. The molecule has 0 bridgehead atoms. The summed E-state index contributed by atoms with van der Waals surface area (Å²) in [5.74, 6) is 0. The smallest absolute Gasteiger partial charge is 0.152 e. The van der Waals surface area contributed by atoms with Gasteiger partial charge < -0.3 is 5.32 Å². The highest BCUT2D eigenvalue weighted by atomic mass is 79.9. The third-order valence-electron chi connectivity index (χ3n) is 2.83. The van der Waals surface area contributed by atoms with Crippen molar-refractivity contribution in [2.75, 3.05) is 6.54 Å². The summed E-state index contributed by atoms with van der Waals surface area (Å²) in [6, 6.07) is 0. The summed E-state index contributed by atoms with van der Waals surface area (Å²) in [6.07, 6.45) is 1.05. The minimum absolute atomic E-state index is 0.0509. The van der Waals surface area contributed by atoms with Crippen LogP contribution >= 0.6 is 15.9 Å². The first-order valence-corrected chi connectivity index (χ1v) is 6.73. The lowest BCUT2D eigenvalue weighted by atomic mass is 9.85. The zero-order valence-electron chi connectivity index (χ0n) is 11.6. The van der Waals surface area contributed by atoms with E-state index in [1.165, 1.54) is 0 Å². The van der Waals surface area contributed by atoms with E-state index in [2.05, 4.69) is 66.2 Å². The molecule has 1 N–H and O–H groups in total. The first kappa shape index (κ1) is 14.6. The van der Waals surface area contributed by atoms with Gasteiger partial charge in [0.05, 0.1) is 5.69 Å². The van der Waals surface area contributed by atoms with Gasteiger partial charge in [0.25, 0.3) is 0 Å². The van der Waals surface area contributed by atoms with Gasteiger partial charge in [-0.15, -0.1) is 5.10 Å². The van der Waals surface area contributed by atoms with Crippen molar-refractivity contribution in [1.82, 2.24) is 20.3 Å². The van der Waals surface area contributed by atoms with Crippen LogP contribution in [0.5, 0.6) is 0 Å². The van der Waals surface area contributed by atoms with E-state index in [4.69, 9.17) is 0 Å². The predicted octanol–water partition coefficient (Wildman–Crippen LogP) is 2.63. The Bertz CT molecular complexity index is 357. The summed E-state index contributed by atoms with van der Waals surface area (Å²) >= 11 is 3.47. The van der Waals surface area contributed by atoms with Gasteiger partial charge in [0.2, 0.25) is 0 Å². The first-order valence-electron chi connectivity index (χ1n) is 5.94. The minimum atomic E-state index is 0.0509. The Hall–Kier alpha value is -0.420. The average Bonchev–Trinajstić information content (AvgIpc) is 2.43. The number of halogens is 1. The van der Waals surface area contributed by atoms with Crippen LogP contribution in [0.3, 0.4) is 0 Å². The molecule has 17 heavy (non-hydrogen) atoms. The first-order chi connectivity index (χ1) is 7.63. The Morgan fingerprint density at radius 1 is 1.24 bits per heavy atom. The lowest BCUT2D eigenvalue weighted by Gasteiger charge is -2.28. The van der Waals surface area contributed by atoms with E-state index in [0.717, 1.165) is 23.3 Å². The van der Waals surface area contributed by atoms with Crippen molar-refractivity contribution in [3.63, 3.8) is 0 Å². The van der Waals surface area contributed by atoms with E-state index in [1.807, 2.05) is 11.7 Å². The summed E-state index contributed by atoms with van der Waals surface area (Å²) in [7, 11) is 1.94. The highest BCUT2D eigenvalue weighted by molar-refractivity contribution is 9.10. The number of aryl methyl sites for hydroxylation is 1. The van der Waals surface area contributed by atoms with Gasteiger partial charge >= 0.3 is 0 Å². The summed E-state index contributed by atoms with van der Waals surface area (Å²) in [5, 5.41) is 11.6. The predicted molar refractivity (Wildman–Crippen MR) is 74.1 cm³/mol. The summed E-state index contributed by atoms with van der Waals surface area (Å²) in [4.78, 5) is 0. The van der Waals surface area contributed by atoms with Crippen molar-refractivity contribution in [3.8, 4) is 0 Å². The van der Waals surface area contributed by atoms with Gasteiger partial charge in [-0.1, -0.05) is 19.1 Å². The number of aromatic nitrogens is 3. The average molecular weight is 303 g/mol. The molecule has 0 aliphatic carbocycles. The second-order valence-electron chi connectivity index (χ2n) is 6.16. The maximum absolute atomic E-state index is 4.05. The van der Waals surface area contributed by atoms with E-state index in [9.17, 15) is 0 Å². The maximum atomic E-state index is 4.05. The molecule has 1 aromatic rings. The van der Waals surface area contributed by atoms with E-state index in [-0.39, 0.29) is 11.0 Å². The maximum Gasteiger partial charge on any atom is 0.152 e. The molecule has 0 unspecified atom stereocenters. The Labute approximate surface area is 112 Å². The van der Waals surface area contributed by atoms with E-state index < -0.39 is 0 Å². The lowest BCUT2D eigenvalue weighted by molar-refractivity contribution is 0.367. The molecule has 1 rings (SSSR count). The molecule has 1 aromatic heterocycles. The van der Waals surface area contributed by atoms with Gasteiger partial charge in [0.1, 0.15) is 0 Å². The van der Waals surface area contributed by atoms with Crippen molar-refractivity contribution < 1.29 is 0 Å². The van der Waals surface area contributed by atoms with Crippen LogP contribution in [0.4, 0.5) is 0 Å². The van der Waals surface area contributed by atoms with Crippen LogP contribution in [0.15, 0.2) is 4.60 Å². The molecule has 0 spiro atoms. The number of nitrogens with zero attached hydrogens (tertiary/aromatic N) is 3. The van der Waals surface area contributed by atoms with Crippen molar-refractivity contribution in [3.05, 3.63) is 10.3 Å². The van der Waals surface area contributed by atoms with Crippen molar-refractivity contribution in [2.24, 2.45) is 7.05 Å². The van der Waals surface area contributed by atoms with Crippen molar-refractivity contribution in [2.45, 2.75) is 52.0 Å². The van der Waals surface area contributed by atoms with Gasteiger partial charge in [-0.3, -0.25) is 4.68 Å². The van der Waals surface area contributed by atoms with Crippen LogP contribution in [0.25, 0.3) is 0 Å². The van der Waals surface area contributed by atoms with Gasteiger partial charge in [-0.05, 0) is 49.7 Å². The van der Waals surface area contributed by atoms with Crippen LogP contribution in [-0.4, -0.2) is 27.1 Å². The zero-order valence-corrected chi connectivity index (χ0v) is 13.2. The molecule has 98 valence electrons. The van der Waals surface area contributed by atoms with Crippen LogP contribution in [0.1, 0.15) is 46.7 Å². The largest absolute Gasteiger partial charge is 0.312 e. The topological polar surface area (TPSA) is 42.7 Å². The van der Waals surface area contributed by atoms with Gasteiger partial charge in [0.15, 0.2) is 4.60 Å². The molecule has 0 aliphatic rings. The second-order valence-corrected chi connectivity index (χ2v) is 6.91. The van der Waals surface area contributed by atoms with Gasteiger partial charge in [0, 0.05) is 18.0 Å². The van der Waals surface area contributed by atoms with Crippen LogP contribution in [0, 0.1) is 0 Å². The third kappa shape index (κ3) is 4.07. The molecular weight excluding hydrogens is 280 g/mol. The van der Waals surface area contributed by atoms with Crippen LogP contribution in [-0.2, 0) is 12.5 Å². The monoisotopic (exact) mass is 302 g/mol. The number of rotatable bonds is 4. The van der Waals surface area contributed by atoms with Crippen LogP contribution in [0.2, 0.25) is 0 Å². The van der Waals surface area contributed by atoms with E-state index in [0.29, 0.717) is 0 Å². The highest BCUT2D eigenvalue weighted by Gasteiger charge is 2.28. The summed E-state index contributed by atoms with van der Waals surface area (Å²) < 4.78 is 2.70. The minimum Gasteiger partial charge on any atom is -0.312 e. The number of hydrogen-bond acceptors (Lipinski definition) is 3. The van der Waals surface area contributed by atoms with Crippen molar-refractivity contribution >= 4 is 15.9 Å². The van der Waals surface area contributed by atoms with E-state index in [1.54, 1.807) is 0 Å². The molecule has 0 amide bonds. The molecule has 0 atom stereocenters. The van der Waals surface area contributed by atoms with Crippen LogP contribution < -0.4 is 5.32 Å². The fraction of sp³-hybridized carbons (Fsp3) is 0.833. The molecule has 4 nitrogen and oxygen atoms in total. The number of nitrogens with one attached hydrogen (secondary N) is 1. The fourth-order valence-electron chi connectivity index (χ4n) is 1.92. The Morgan fingerprint density at radius 2 is 1.82 bits per heavy atom. The molecule has 0 radical (unpaired) electrons. The summed E-state index contributed by atoms with van der Waals surface area (Å²) in [6.45, 7) is 12.0. The van der Waals surface area contributed by atoms with Gasteiger partial charge in [-0.2, -0.15) is 0 Å². The van der Waals surface area contributed by atoms with Crippen molar-refractivity contribution in [1.29, 1.82) is 0 Å². The molecule has 0 aliphatic heterocycles. The molecule has 0 fully saturated rings. The number of hydrogen-bond donors (Lipinski definition) is 1. The quantitative estimate of drug-likeness (QED) is 0.930. The lowest BCUT2D eigenvalue weighted by Crippen LogP contribution is -2.38. The Morgan fingerprint density at radius 3 is 2.24 bits per heavy atom. The fourth-order valence-corrected chi connectivity index (χ4v) is 2.78. The molecule has 0 saturated heterocycles. The zero-order chi connectivity index (χ0) is 13.3. The Kier molecular flexibility index (Phi) is 4.36. The van der Waals surface area contributed by atoms with Gasteiger partial charge in [-0.25, -0.2) is 0 Å². The standard InChI is InChI=1S/C12H23BrN4/c1-11(2,3)14-8-7-12(4,5)9-10(13)15-16-17(9)6/h14H,7-8H2,1-6H3. The SMILES string of the molecule is Cn1nnc(Br)c1C(C)(C)CCNC(C)(C)C. The Balaban J connectivity index is 2.69. The highest BCUT2D eigenvalue weighted by Crippen LogP contribution is 2.30. The molecule has 0 saturated carbocycles. The molecular formula is C12H23BrN4. The van der Waals surface area contributed by atoms with E-state index >= 15 is 0 Å². The molecule has 5 heteroatoms. The second kappa shape index (κ2) is 5.06. The normalized spacial score (nSPS) is 13.1.